The Labute approximate surface area is 40.5 Å². The van der Waals surface area contributed by atoms with Crippen LogP contribution in [0.3, 0.4) is 0 Å². The Hall–Kier alpha value is 0.130. The van der Waals surface area contributed by atoms with Gasteiger partial charge in [-0.15, -0.1) is 0 Å². The van der Waals surface area contributed by atoms with Crippen molar-refractivity contribution in [3.05, 3.63) is 12.4 Å². The second kappa shape index (κ2) is 8.93. The molecule has 1 unspecified atom stereocenters. The molecule has 0 aliphatic heterocycles. The van der Waals surface area contributed by atoms with Crippen molar-refractivity contribution in [1.29, 1.82) is 0 Å². The standard InChI is InChI=1S/C4H9P.H2O/c1-3-5-4-2;/h3,5H,1,4H2,2H3;1H2. The van der Waals surface area contributed by atoms with Crippen LogP contribution in [-0.4, -0.2) is 11.6 Å². The van der Waals surface area contributed by atoms with Crippen LogP contribution < -0.4 is 0 Å². The van der Waals surface area contributed by atoms with Crippen molar-refractivity contribution in [2.24, 2.45) is 0 Å². The number of hydrogen-bond donors (Lipinski definition) is 0. The summed E-state index contributed by atoms with van der Waals surface area (Å²) in [6, 6.07) is 0. The van der Waals surface area contributed by atoms with Crippen LogP contribution in [0, 0.1) is 0 Å². The Bertz CT molecular complexity index is 28.7. The fourth-order valence-corrected chi connectivity index (χ4v) is 0.433. The molecular formula is C4H11OP. The Morgan fingerprint density at radius 2 is 2.33 bits per heavy atom. The molecule has 0 aromatic heterocycles. The van der Waals surface area contributed by atoms with E-state index in [1.165, 1.54) is 6.16 Å². The molecule has 1 nitrogen and oxygen atoms in total. The predicted molar refractivity (Wildman–Crippen MR) is 32.7 cm³/mol. The first kappa shape index (κ1) is 9.46. The van der Waals surface area contributed by atoms with Crippen LogP contribution >= 0.6 is 8.58 Å². The van der Waals surface area contributed by atoms with Crippen LogP contribution in [0.15, 0.2) is 12.4 Å². The molecule has 1 atom stereocenters. The van der Waals surface area contributed by atoms with E-state index in [9.17, 15) is 0 Å². The topological polar surface area (TPSA) is 31.5 Å². The van der Waals surface area contributed by atoms with Crippen molar-refractivity contribution in [2.45, 2.75) is 6.92 Å². The van der Waals surface area contributed by atoms with Gasteiger partial charge < -0.3 is 5.48 Å². The van der Waals surface area contributed by atoms with E-state index in [-0.39, 0.29) is 5.48 Å². The Morgan fingerprint density at radius 1 is 1.83 bits per heavy atom. The molecule has 0 heterocycles. The van der Waals surface area contributed by atoms with E-state index >= 15 is 0 Å². The van der Waals surface area contributed by atoms with Crippen molar-refractivity contribution in [2.75, 3.05) is 6.16 Å². The smallest absolute Gasteiger partial charge is 0.0347 e. The Morgan fingerprint density at radius 3 is 2.33 bits per heavy atom. The third-order valence-corrected chi connectivity index (χ3v) is 1.05. The van der Waals surface area contributed by atoms with Gasteiger partial charge in [0.1, 0.15) is 0 Å². The lowest BCUT2D eigenvalue weighted by atomic mass is 11.0. The van der Waals surface area contributed by atoms with Crippen LogP contribution in [-0.2, 0) is 0 Å². The summed E-state index contributed by atoms with van der Waals surface area (Å²) in [6.07, 6.45) is 1.25. The van der Waals surface area contributed by atoms with Crippen LogP contribution in [0.2, 0.25) is 0 Å². The van der Waals surface area contributed by atoms with Gasteiger partial charge in [-0.1, -0.05) is 27.9 Å². The van der Waals surface area contributed by atoms with Crippen molar-refractivity contribution >= 4 is 8.58 Å². The molecular weight excluding hydrogens is 95.0 g/mol. The highest BCUT2D eigenvalue weighted by molar-refractivity contribution is 7.41. The fraction of sp³-hybridized carbons (Fsp3) is 0.500. The van der Waals surface area contributed by atoms with Crippen LogP contribution in [0.25, 0.3) is 0 Å². The first-order valence-corrected chi connectivity index (χ1v) is 3.04. The van der Waals surface area contributed by atoms with Gasteiger partial charge in [-0.05, 0) is 6.16 Å². The minimum Gasteiger partial charge on any atom is -0.412 e. The minimum atomic E-state index is 0. The van der Waals surface area contributed by atoms with E-state index in [1.807, 2.05) is 5.82 Å². The predicted octanol–water partition coefficient (Wildman–Crippen LogP) is 1.00. The summed E-state index contributed by atoms with van der Waals surface area (Å²) in [6.45, 7) is 5.72. The molecule has 0 spiro atoms. The fourth-order valence-electron chi connectivity index (χ4n) is 0.144. The number of hydrogen-bond acceptors (Lipinski definition) is 0. The zero-order valence-corrected chi connectivity index (χ0v) is 4.99. The number of rotatable bonds is 2. The molecule has 38 valence electrons. The molecule has 0 aromatic rings. The molecule has 2 N–H and O–H groups in total. The van der Waals surface area contributed by atoms with Crippen molar-refractivity contribution in [1.82, 2.24) is 0 Å². The van der Waals surface area contributed by atoms with Crippen LogP contribution in [0.4, 0.5) is 0 Å². The Kier molecular flexibility index (Phi) is 14.1. The maximum absolute atomic E-state index is 3.56. The molecule has 0 rings (SSSR count). The quantitative estimate of drug-likeness (QED) is 0.470. The molecule has 0 radical (unpaired) electrons. The van der Waals surface area contributed by atoms with E-state index in [2.05, 4.69) is 13.5 Å². The van der Waals surface area contributed by atoms with Crippen molar-refractivity contribution in [3.63, 3.8) is 0 Å². The SMILES string of the molecule is C=CPCC.O. The van der Waals surface area contributed by atoms with E-state index in [1.54, 1.807) is 0 Å². The van der Waals surface area contributed by atoms with Crippen molar-refractivity contribution in [3.8, 4) is 0 Å². The summed E-state index contributed by atoms with van der Waals surface area (Å²) in [5, 5.41) is 0. The van der Waals surface area contributed by atoms with E-state index in [4.69, 9.17) is 0 Å². The summed E-state index contributed by atoms with van der Waals surface area (Å²) >= 11 is 0. The lowest BCUT2D eigenvalue weighted by molar-refractivity contribution is 0.824. The van der Waals surface area contributed by atoms with Gasteiger partial charge in [-0.3, -0.25) is 0 Å². The summed E-state index contributed by atoms with van der Waals surface area (Å²) in [5.41, 5.74) is 0. The first-order chi connectivity index (χ1) is 2.41. The highest BCUT2D eigenvalue weighted by Crippen LogP contribution is 2.05. The molecule has 0 fully saturated rings. The average molecular weight is 106 g/mol. The normalized spacial score (nSPS) is 8.17. The maximum atomic E-state index is 3.56. The van der Waals surface area contributed by atoms with Gasteiger partial charge in [-0.2, -0.15) is 0 Å². The zero-order chi connectivity index (χ0) is 4.12. The first-order valence-electron chi connectivity index (χ1n) is 1.76. The molecule has 0 aliphatic rings. The summed E-state index contributed by atoms with van der Waals surface area (Å²) < 4.78 is 0. The largest absolute Gasteiger partial charge is 0.412 e. The van der Waals surface area contributed by atoms with Gasteiger partial charge in [0, 0.05) is 0 Å². The highest BCUT2D eigenvalue weighted by Gasteiger charge is 1.60. The second-order valence-electron chi connectivity index (χ2n) is 0.762. The van der Waals surface area contributed by atoms with E-state index < -0.39 is 0 Å². The van der Waals surface area contributed by atoms with Crippen molar-refractivity contribution < 1.29 is 5.48 Å². The second-order valence-corrected chi connectivity index (χ2v) is 2.29. The summed E-state index contributed by atoms with van der Waals surface area (Å²) in [4.78, 5) is 0. The average Bonchev–Trinajstić information content (AvgIpc) is 1.41. The molecule has 0 saturated carbocycles. The molecule has 2 heteroatoms. The molecule has 6 heavy (non-hydrogen) atoms. The monoisotopic (exact) mass is 106 g/mol. The van der Waals surface area contributed by atoms with Gasteiger partial charge in [0.2, 0.25) is 0 Å². The lowest BCUT2D eigenvalue weighted by Crippen LogP contribution is -1.46. The van der Waals surface area contributed by atoms with E-state index in [0.29, 0.717) is 0 Å². The highest BCUT2D eigenvalue weighted by atomic mass is 31.1. The molecule has 0 bridgehead atoms. The zero-order valence-electron chi connectivity index (χ0n) is 3.99. The van der Waals surface area contributed by atoms with Crippen LogP contribution in [0.5, 0.6) is 0 Å². The molecule has 0 aliphatic carbocycles. The van der Waals surface area contributed by atoms with Gasteiger partial charge >= 0.3 is 0 Å². The third-order valence-electron chi connectivity index (χ3n) is 0.348. The maximum Gasteiger partial charge on any atom is -0.0347 e. The summed E-state index contributed by atoms with van der Waals surface area (Å²) in [7, 11) is 0.961. The van der Waals surface area contributed by atoms with Crippen LogP contribution in [0.1, 0.15) is 6.92 Å². The third kappa shape index (κ3) is 8.92. The van der Waals surface area contributed by atoms with Gasteiger partial charge in [0.05, 0.1) is 0 Å². The Balaban J connectivity index is 0. The van der Waals surface area contributed by atoms with Gasteiger partial charge in [0.25, 0.3) is 0 Å². The minimum absolute atomic E-state index is 0. The molecule has 0 amide bonds. The summed E-state index contributed by atoms with van der Waals surface area (Å²) in [5.74, 6) is 1.96. The molecule has 0 aromatic carbocycles. The van der Waals surface area contributed by atoms with E-state index in [0.717, 1.165) is 8.58 Å². The van der Waals surface area contributed by atoms with Gasteiger partial charge in [0.15, 0.2) is 0 Å². The lowest BCUT2D eigenvalue weighted by Gasteiger charge is -1.74. The molecule has 0 saturated heterocycles. The van der Waals surface area contributed by atoms with Gasteiger partial charge in [-0.25, -0.2) is 0 Å².